The molecule has 0 aliphatic rings. The predicted octanol–water partition coefficient (Wildman–Crippen LogP) is 2.18. The van der Waals surface area contributed by atoms with Crippen molar-refractivity contribution in [2.75, 3.05) is 7.11 Å². The average Bonchev–Trinajstić information content (AvgIpc) is 2.75. The molecule has 0 N–H and O–H groups in total. The minimum Gasteiger partial charge on any atom is -0.481 e. The molecule has 0 spiro atoms. The molecule has 0 unspecified atom stereocenters. The molecule has 0 atom stereocenters. The van der Waals surface area contributed by atoms with Crippen molar-refractivity contribution in [1.29, 1.82) is 0 Å². The second-order valence-corrected chi connectivity index (χ2v) is 6.95. The largest absolute Gasteiger partial charge is 0.481 e. The molecule has 0 saturated heterocycles. The van der Waals surface area contributed by atoms with Gasteiger partial charge in [0.05, 0.1) is 30.4 Å². The van der Waals surface area contributed by atoms with Gasteiger partial charge in [0.2, 0.25) is 11.3 Å². The van der Waals surface area contributed by atoms with Gasteiger partial charge >= 0.3 is 0 Å². The van der Waals surface area contributed by atoms with E-state index in [4.69, 9.17) is 12.6 Å². The number of benzene rings is 1. The lowest BCUT2D eigenvalue weighted by Crippen LogP contribution is -2.21. The number of methoxy groups -OCH3 is 1. The molecule has 4 rings (SSSR count). The molecule has 2 radical (unpaired) electrons. The van der Waals surface area contributed by atoms with Gasteiger partial charge in [-0.3, -0.25) is 14.6 Å². The Labute approximate surface area is 174 Å². The molecule has 146 valence electrons. The number of carbonyl (C=O) groups excluding carboxylic acids is 1. The molecule has 0 saturated carbocycles. The maximum Gasteiger partial charge on any atom is 0.215 e. The second kappa shape index (κ2) is 7.95. The van der Waals surface area contributed by atoms with E-state index in [-0.39, 0.29) is 11.0 Å². The van der Waals surface area contributed by atoms with Crippen LogP contribution in [0.4, 0.5) is 0 Å². The number of carbonyl (C=O) groups is 1. The first kappa shape index (κ1) is 19.6. The number of ether oxygens (including phenoxy) is 1. The molecular weight excluding hydrogens is 377 g/mol. The van der Waals surface area contributed by atoms with Gasteiger partial charge in [-0.25, -0.2) is 4.98 Å². The molecule has 0 aliphatic carbocycles. The molecule has 0 fully saturated rings. The van der Waals surface area contributed by atoms with Crippen molar-refractivity contribution in [3.63, 3.8) is 0 Å². The van der Waals surface area contributed by atoms with Crippen LogP contribution in [0.3, 0.4) is 0 Å². The number of rotatable bonds is 5. The summed E-state index contributed by atoms with van der Waals surface area (Å²) in [5.41, 5.74) is 2.65. The van der Waals surface area contributed by atoms with Crippen LogP contribution in [0.1, 0.15) is 27.2 Å². The Balaban J connectivity index is 1.86. The highest BCUT2D eigenvalue weighted by molar-refractivity contribution is 6.30. The molecule has 1 aromatic carbocycles. The number of fused-ring (bicyclic) bond motifs is 1. The van der Waals surface area contributed by atoms with Crippen molar-refractivity contribution < 1.29 is 9.53 Å². The monoisotopic (exact) mass is 395 g/mol. The zero-order valence-electron chi connectivity index (χ0n) is 16.6. The van der Waals surface area contributed by atoms with Crippen LogP contribution in [0.15, 0.2) is 65.7 Å². The topological polar surface area (TPSA) is 74.1 Å². The van der Waals surface area contributed by atoms with Crippen molar-refractivity contribution in [2.45, 2.75) is 13.5 Å². The van der Waals surface area contributed by atoms with Gasteiger partial charge in [-0.15, -0.1) is 0 Å². The van der Waals surface area contributed by atoms with Crippen molar-refractivity contribution in [3.05, 3.63) is 93.5 Å². The van der Waals surface area contributed by atoms with E-state index in [9.17, 15) is 9.59 Å². The molecule has 0 bridgehead atoms. The first-order chi connectivity index (χ1) is 14.5. The molecule has 0 amide bonds. The number of para-hydroxylation sites is 1. The molecule has 3 aromatic heterocycles. The van der Waals surface area contributed by atoms with Crippen LogP contribution < -0.4 is 15.8 Å². The van der Waals surface area contributed by atoms with Gasteiger partial charge < -0.3 is 9.30 Å². The van der Waals surface area contributed by atoms with Crippen LogP contribution in [-0.4, -0.2) is 35.3 Å². The number of aromatic nitrogens is 3. The zero-order chi connectivity index (χ0) is 21.3. The standard InChI is InChI=1S/C23H18BN3O3/c1-14-10-15(11-25-23(14)30-2)21(28)18-13-27(12-16-6-5-9-20(24)26-16)19-8-4-3-7-17(19)22(18)29/h3-11,13H,12H2,1-2H3. The fourth-order valence-corrected chi connectivity index (χ4v) is 3.45. The van der Waals surface area contributed by atoms with Gasteiger partial charge in [-0.1, -0.05) is 24.3 Å². The fourth-order valence-electron chi connectivity index (χ4n) is 3.45. The minimum atomic E-state index is -0.390. The maximum absolute atomic E-state index is 13.2. The van der Waals surface area contributed by atoms with Gasteiger partial charge in [0, 0.05) is 28.9 Å². The molecular formula is C23H18BN3O3. The molecule has 0 aliphatic heterocycles. The van der Waals surface area contributed by atoms with E-state index in [1.54, 1.807) is 37.4 Å². The van der Waals surface area contributed by atoms with Gasteiger partial charge in [0.25, 0.3) is 0 Å². The van der Waals surface area contributed by atoms with Crippen molar-refractivity contribution in [2.24, 2.45) is 0 Å². The van der Waals surface area contributed by atoms with E-state index in [2.05, 4.69) is 9.97 Å². The van der Waals surface area contributed by atoms with E-state index in [1.165, 1.54) is 13.3 Å². The summed E-state index contributed by atoms with van der Waals surface area (Å²) in [7, 11) is 7.32. The van der Waals surface area contributed by atoms with E-state index >= 15 is 0 Å². The van der Waals surface area contributed by atoms with E-state index < -0.39 is 5.78 Å². The van der Waals surface area contributed by atoms with E-state index in [1.807, 2.05) is 28.8 Å². The predicted molar refractivity (Wildman–Crippen MR) is 116 cm³/mol. The lowest BCUT2D eigenvalue weighted by atomic mass is 10.0. The fraction of sp³-hybridized carbons (Fsp3) is 0.130. The van der Waals surface area contributed by atoms with Crippen LogP contribution in [0.25, 0.3) is 10.9 Å². The third kappa shape index (κ3) is 3.62. The Morgan fingerprint density at radius 1 is 1.17 bits per heavy atom. The minimum absolute atomic E-state index is 0.0731. The number of ketones is 1. The van der Waals surface area contributed by atoms with E-state index in [0.717, 1.165) is 5.69 Å². The number of hydrogen-bond donors (Lipinski definition) is 0. The molecule has 30 heavy (non-hydrogen) atoms. The first-order valence-corrected chi connectivity index (χ1v) is 9.37. The van der Waals surface area contributed by atoms with Gasteiger partial charge in [-0.2, -0.15) is 0 Å². The zero-order valence-corrected chi connectivity index (χ0v) is 16.6. The summed E-state index contributed by atoms with van der Waals surface area (Å²) in [6.45, 7) is 2.17. The Morgan fingerprint density at radius 3 is 2.70 bits per heavy atom. The van der Waals surface area contributed by atoms with Crippen molar-refractivity contribution in [3.8, 4) is 5.88 Å². The summed E-state index contributed by atoms with van der Waals surface area (Å²) in [4.78, 5) is 34.8. The van der Waals surface area contributed by atoms with Gasteiger partial charge in [-0.05, 0) is 36.8 Å². The highest BCUT2D eigenvalue weighted by Crippen LogP contribution is 2.19. The molecule has 7 heteroatoms. The SMILES string of the molecule is [B]c1cccc(Cn2cc(C(=O)c3cnc(OC)c(C)c3)c(=O)c3ccccc32)n1. The number of pyridine rings is 3. The second-order valence-electron chi connectivity index (χ2n) is 6.95. The van der Waals surface area contributed by atoms with Crippen LogP contribution in [0.5, 0.6) is 5.88 Å². The number of aryl methyl sites for hydroxylation is 1. The third-order valence-corrected chi connectivity index (χ3v) is 4.88. The van der Waals surface area contributed by atoms with Crippen molar-refractivity contribution >= 4 is 30.1 Å². The summed E-state index contributed by atoms with van der Waals surface area (Å²) in [6, 6.07) is 14.2. The Hall–Kier alpha value is -3.74. The lowest BCUT2D eigenvalue weighted by molar-refractivity contribution is 0.103. The Kier molecular flexibility index (Phi) is 5.19. The van der Waals surface area contributed by atoms with Crippen LogP contribution >= 0.6 is 0 Å². The van der Waals surface area contributed by atoms with Gasteiger partial charge in [0.15, 0.2) is 5.78 Å². The molecule has 3 heterocycles. The number of hydrogen-bond acceptors (Lipinski definition) is 5. The summed E-state index contributed by atoms with van der Waals surface area (Å²) >= 11 is 0. The summed E-state index contributed by atoms with van der Waals surface area (Å²) in [6.07, 6.45) is 3.00. The lowest BCUT2D eigenvalue weighted by Gasteiger charge is -2.13. The average molecular weight is 395 g/mol. The summed E-state index contributed by atoms with van der Waals surface area (Å²) < 4.78 is 7.00. The quantitative estimate of drug-likeness (QED) is 0.383. The van der Waals surface area contributed by atoms with Gasteiger partial charge in [0.1, 0.15) is 7.85 Å². The number of nitrogens with zero attached hydrogens (tertiary/aromatic N) is 3. The highest BCUT2D eigenvalue weighted by atomic mass is 16.5. The summed E-state index contributed by atoms with van der Waals surface area (Å²) in [5.74, 6) is 0.0495. The van der Waals surface area contributed by atoms with E-state index in [0.29, 0.717) is 40.0 Å². The molecule has 6 nitrogen and oxygen atoms in total. The van der Waals surface area contributed by atoms with Crippen LogP contribution in [0, 0.1) is 6.92 Å². The van der Waals surface area contributed by atoms with Crippen LogP contribution in [-0.2, 0) is 6.54 Å². The van der Waals surface area contributed by atoms with Crippen molar-refractivity contribution in [1.82, 2.24) is 14.5 Å². The normalized spacial score (nSPS) is 10.9. The maximum atomic E-state index is 13.2. The first-order valence-electron chi connectivity index (χ1n) is 9.37. The molecule has 4 aromatic rings. The Morgan fingerprint density at radius 2 is 1.97 bits per heavy atom. The Bertz CT molecular complexity index is 1330. The smallest absolute Gasteiger partial charge is 0.215 e. The third-order valence-electron chi connectivity index (χ3n) is 4.88. The van der Waals surface area contributed by atoms with Crippen LogP contribution in [0.2, 0.25) is 0 Å². The summed E-state index contributed by atoms with van der Waals surface area (Å²) in [5, 5.41) is 0.463. The highest BCUT2D eigenvalue weighted by Gasteiger charge is 2.18.